The van der Waals surface area contributed by atoms with Gasteiger partial charge in [0.25, 0.3) is 5.91 Å². The van der Waals surface area contributed by atoms with Crippen molar-refractivity contribution in [1.29, 1.82) is 0 Å². The molecular formula is C12H15ClN2O2. The fourth-order valence-electron chi connectivity index (χ4n) is 1.85. The van der Waals surface area contributed by atoms with E-state index in [4.69, 9.17) is 16.3 Å². The molecule has 0 aromatic carbocycles. The highest BCUT2D eigenvalue weighted by Gasteiger charge is 2.27. The molecule has 0 spiro atoms. The Bertz CT molecular complexity index is 437. The molecule has 0 radical (unpaired) electrons. The summed E-state index contributed by atoms with van der Waals surface area (Å²) in [6.45, 7) is 2.42. The number of hydrogen-bond acceptors (Lipinski definition) is 3. The van der Waals surface area contributed by atoms with E-state index in [1.54, 1.807) is 18.0 Å². The molecule has 0 N–H and O–H groups in total. The summed E-state index contributed by atoms with van der Waals surface area (Å²) >= 11 is 5.73. The van der Waals surface area contributed by atoms with Crippen LogP contribution in [-0.2, 0) is 0 Å². The number of nitrogens with zero attached hydrogens (tertiary/aromatic N) is 2. The molecule has 1 aliphatic rings. The Morgan fingerprint density at radius 1 is 1.59 bits per heavy atom. The molecule has 92 valence electrons. The van der Waals surface area contributed by atoms with Crippen molar-refractivity contribution in [1.82, 2.24) is 9.88 Å². The Balaban J connectivity index is 2.37. The van der Waals surface area contributed by atoms with Crippen molar-refractivity contribution in [3.63, 3.8) is 0 Å². The minimum Gasteiger partial charge on any atom is -0.472 e. The average Bonchev–Trinajstić information content (AvgIpc) is 2.38. The number of rotatable bonds is 2. The topological polar surface area (TPSA) is 42.4 Å². The van der Waals surface area contributed by atoms with Crippen LogP contribution < -0.4 is 4.74 Å². The number of pyridine rings is 1. The molecule has 1 aromatic heterocycles. The third-order valence-electron chi connectivity index (χ3n) is 2.76. The molecule has 17 heavy (non-hydrogen) atoms. The average molecular weight is 255 g/mol. The highest BCUT2D eigenvalue weighted by atomic mass is 35.5. The van der Waals surface area contributed by atoms with Gasteiger partial charge in [0, 0.05) is 18.6 Å². The third-order valence-corrected chi connectivity index (χ3v) is 2.98. The van der Waals surface area contributed by atoms with Gasteiger partial charge in [-0.1, -0.05) is 0 Å². The Morgan fingerprint density at radius 2 is 2.35 bits per heavy atom. The zero-order chi connectivity index (χ0) is 12.4. The number of aromatic nitrogens is 1. The lowest BCUT2D eigenvalue weighted by molar-refractivity contribution is 0.0758. The van der Waals surface area contributed by atoms with Crippen LogP contribution in [0.5, 0.6) is 5.88 Å². The van der Waals surface area contributed by atoms with Crippen LogP contribution in [0.3, 0.4) is 0 Å². The van der Waals surface area contributed by atoms with Gasteiger partial charge in [0.05, 0.1) is 6.54 Å². The predicted molar refractivity (Wildman–Crippen MR) is 65.7 cm³/mol. The Labute approximate surface area is 106 Å². The molecule has 1 aliphatic heterocycles. The van der Waals surface area contributed by atoms with Crippen LogP contribution in [0.25, 0.3) is 0 Å². The monoisotopic (exact) mass is 254 g/mol. The van der Waals surface area contributed by atoms with E-state index in [2.05, 4.69) is 4.98 Å². The molecule has 4 nitrogen and oxygen atoms in total. The van der Waals surface area contributed by atoms with Crippen LogP contribution in [0.4, 0.5) is 0 Å². The standard InChI is InChI=1S/C12H15ClN2O2/c1-8-3-4-10-11(14-8)17-9(5-6-13)7-15(2)12(10)16/h3-4,9H,5-7H2,1-2H3. The number of hydrogen-bond donors (Lipinski definition) is 0. The summed E-state index contributed by atoms with van der Waals surface area (Å²) in [5.41, 5.74) is 1.36. The first kappa shape index (κ1) is 12.2. The number of fused-ring (bicyclic) bond motifs is 1. The van der Waals surface area contributed by atoms with E-state index in [0.717, 1.165) is 5.69 Å². The fourth-order valence-corrected chi connectivity index (χ4v) is 2.09. The Hall–Kier alpha value is -1.29. The summed E-state index contributed by atoms with van der Waals surface area (Å²) in [6, 6.07) is 3.58. The quantitative estimate of drug-likeness (QED) is 0.757. The van der Waals surface area contributed by atoms with E-state index in [9.17, 15) is 4.79 Å². The van der Waals surface area contributed by atoms with Gasteiger partial charge in [-0.15, -0.1) is 11.6 Å². The second-order valence-electron chi connectivity index (χ2n) is 4.21. The molecule has 2 rings (SSSR count). The van der Waals surface area contributed by atoms with Crippen molar-refractivity contribution < 1.29 is 9.53 Å². The molecule has 1 aromatic rings. The largest absolute Gasteiger partial charge is 0.472 e. The minimum atomic E-state index is -0.0861. The van der Waals surface area contributed by atoms with Gasteiger partial charge in [-0.05, 0) is 25.5 Å². The van der Waals surface area contributed by atoms with Crippen LogP contribution in [0.15, 0.2) is 12.1 Å². The first-order valence-corrected chi connectivity index (χ1v) is 6.11. The number of ether oxygens (including phenoxy) is 1. The molecule has 2 heterocycles. The molecule has 0 aliphatic carbocycles. The SMILES string of the molecule is Cc1ccc2c(n1)OC(CCCl)CN(C)C2=O. The summed E-state index contributed by atoms with van der Waals surface area (Å²) in [5, 5.41) is 0. The maximum Gasteiger partial charge on any atom is 0.259 e. The van der Waals surface area contributed by atoms with Crippen molar-refractivity contribution in [3.8, 4) is 5.88 Å². The Morgan fingerprint density at radius 3 is 3.06 bits per heavy atom. The number of likely N-dealkylation sites (N-methyl/N-ethyl adjacent to an activating group) is 1. The lowest BCUT2D eigenvalue weighted by Gasteiger charge is -2.19. The number of carbonyl (C=O) groups excluding carboxylic acids is 1. The molecule has 0 fully saturated rings. The van der Waals surface area contributed by atoms with E-state index in [0.29, 0.717) is 30.3 Å². The first-order valence-electron chi connectivity index (χ1n) is 5.57. The minimum absolute atomic E-state index is 0.0513. The number of halogens is 1. The summed E-state index contributed by atoms with van der Waals surface area (Å²) in [7, 11) is 1.77. The lowest BCUT2D eigenvalue weighted by atomic mass is 10.2. The highest BCUT2D eigenvalue weighted by Crippen LogP contribution is 2.23. The molecular weight excluding hydrogens is 240 g/mol. The van der Waals surface area contributed by atoms with Crippen molar-refractivity contribution in [2.24, 2.45) is 0 Å². The fraction of sp³-hybridized carbons (Fsp3) is 0.500. The Kier molecular flexibility index (Phi) is 3.52. The van der Waals surface area contributed by atoms with Gasteiger partial charge in [0.15, 0.2) is 0 Å². The van der Waals surface area contributed by atoms with E-state index in [1.807, 2.05) is 13.0 Å². The van der Waals surface area contributed by atoms with Crippen molar-refractivity contribution in [2.45, 2.75) is 19.4 Å². The molecule has 1 unspecified atom stereocenters. The second kappa shape index (κ2) is 4.92. The van der Waals surface area contributed by atoms with E-state index >= 15 is 0 Å². The zero-order valence-corrected chi connectivity index (χ0v) is 10.7. The molecule has 0 saturated heterocycles. The van der Waals surface area contributed by atoms with Crippen LogP contribution in [-0.4, -0.2) is 41.4 Å². The lowest BCUT2D eigenvalue weighted by Crippen LogP contribution is -2.34. The summed E-state index contributed by atoms with van der Waals surface area (Å²) in [5.74, 6) is 0.882. The van der Waals surface area contributed by atoms with Gasteiger partial charge in [0.1, 0.15) is 11.7 Å². The maximum absolute atomic E-state index is 12.1. The summed E-state index contributed by atoms with van der Waals surface area (Å²) in [4.78, 5) is 18.0. The van der Waals surface area contributed by atoms with E-state index in [-0.39, 0.29) is 12.0 Å². The van der Waals surface area contributed by atoms with Gasteiger partial charge in [-0.3, -0.25) is 4.79 Å². The second-order valence-corrected chi connectivity index (χ2v) is 4.59. The van der Waals surface area contributed by atoms with Crippen molar-refractivity contribution in [3.05, 3.63) is 23.4 Å². The first-order chi connectivity index (χ1) is 8.11. The zero-order valence-electron chi connectivity index (χ0n) is 9.94. The number of alkyl halides is 1. The number of aryl methyl sites for hydroxylation is 1. The van der Waals surface area contributed by atoms with Crippen molar-refractivity contribution >= 4 is 17.5 Å². The predicted octanol–water partition coefficient (Wildman–Crippen LogP) is 1.85. The molecule has 0 saturated carbocycles. The van der Waals surface area contributed by atoms with E-state index < -0.39 is 0 Å². The summed E-state index contributed by atoms with van der Waals surface area (Å²) in [6.07, 6.45) is 0.617. The number of carbonyl (C=O) groups is 1. The van der Waals surface area contributed by atoms with Crippen molar-refractivity contribution in [2.75, 3.05) is 19.5 Å². The van der Waals surface area contributed by atoms with Gasteiger partial charge in [-0.25, -0.2) is 4.98 Å². The molecule has 1 amide bonds. The van der Waals surface area contributed by atoms with Gasteiger partial charge in [-0.2, -0.15) is 0 Å². The van der Waals surface area contributed by atoms with Crippen LogP contribution >= 0.6 is 11.6 Å². The van der Waals surface area contributed by atoms with Gasteiger partial charge < -0.3 is 9.64 Å². The highest BCUT2D eigenvalue weighted by molar-refractivity contribution is 6.17. The van der Waals surface area contributed by atoms with Crippen LogP contribution in [0.1, 0.15) is 22.5 Å². The van der Waals surface area contributed by atoms with Gasteiger partial charge in [0.2, 0.25) is 5.88 Å². The molecule has 0 bridgehead atoms. The summed E-state index contributed by atoms with van der Waals surface area (Å²) < 4.78 is 5.76. The third kappa shape index (κ3) is 2.52. The maximum atomic E-state index is 12.1. The van der Waals surface area contributed by atoms with Crippen LogP contribution in [0.2, 0.25) is 0 Å². The molecule has 1 atom stereocenters. The molecule has 5 heteroatoms. The normalized spacial score (nSPS) is 19.6. The van der Waals surface area contributed by atoms with E-state index in [1.165, 1.54) is 0 Å². The smallest absolute Gasteiger partial charge is 0.259 e. The van der Waals surface area contributed by atoms with Crippen LogP contribution in [0, 0.1) is 6.92 Å². The number of amides is 1. The van der Waals surface area contributed by atoms with Gasteiger partial charge >= 0.3 is 0 Å².